The lowest BCUT2D eigenvalue weighted by molar-refractivity contribution is -0.384. The van der Waals surface area contributed by atoms with E-state index in [1.54, 1.807) is 28.8 Å². The lowest BCUT2D eigenvalue weighted by Gasteiger charge is -2.19. The zero-order chi connectivity index (χ0) is 25.4. The third kappa shape index (κ3) is 4.12. The predicted octanol–water partition coefficient (Wildman–Crippen LogP) is 4.29. The Morgan fingerprint density at radius 2 is 1.89 bits per heavy atom. The Labute approximate surface area is 210 Å². The standard InChI is InChI=1S/C25H20N4O5S2/c1-2-14-27-22-12-9-19(29(31)32)16-23(22)35-25(27)26-24(30)18-7-10-20(11-8-18)36(33,34)28-15-13-17-5-3-4-6-21(17)28/h2-12,16H,1,13-15H2. The summed E-state index contributed by atoms with van der Waals surface area (Å²) in [6, 6.07) is 17.6. The summed E-state index contributed by atoms with van der Waals surface area (Å²) in [6.45, 7) is 4.46. The molecule has 0 unspecified atom stereocenters. The molecule has 36 heavy (non-hydrogen) atoms. The molecule has 0 spiro atoms. The van der Waals surface area contributed by atoms with E-state index in [4.69, 9.17) is 0 Å². The van der Waals surface area contributed by atoms with Gasteiger partial charge in [0.25, 0.3) is 21.6 Å². The van der Waals surface area contributed by atoms with Crippen molar-refractivity contribution in [2.45, 2.75) is 17.9 Å². The molecule has 5 rings (SSSR count). The first-order valence-electron chi connectivity index (χ1n) is 11.0. The number of amides is 1. The van der Waals surface area contributed by atoms with E-state index in [1.165, 1.54) is 40.7 Å². The van der Waals surface area contributed by atoms with Crippen molar-refractivity contribution in [1.29, 1.82) is 0 Å². The molecular formula is C25H20N4O5S2. The first-order valence-corrected chi connectivity index (χ1v) is 13.2. The molecule has 1 aliphatic heterocycles. The highest BCUT2D eigenvalue weighted by Gasteiger charge is 2.30. The second-order valence-electron chi connectivity index (χ2n) is 8.09. The molecule has 4 aromatic rings. The number of allylic oxidation sites excluding steroid dienone is 1. The van der Waals surface area contributed by atoms with Crippen molar-refractivity contribution in [2.75, 3.05) is 10.8 Å². The maximum atomic E-state index is 13.2. The summed E-state index contributed by atoms with van der Waals surface area (Å²) in [7, 11) is -3.77. The van der Waals surface area contributed by atoms with Crippen LogP contribution in [0.3, 0.4) is 0 Å². The van der Waals surface area contributed by atoms with E-state index in [2.05, 4.69) is 11.6 Å². The van der Waals surface area contributed by atoms with Crippen LogP contribution in [0.25, 0.3) is 10.2 Å². The van der Waals surface area contributed by atoms with Crippen LogP contribution in [0.15, 0.2) is 89.3 Å². The Balaban J connectivity index is 1.47. The van der Waals surface area contributed by atoms with E-state index in [-0.39, 0.29) is 16.1 Å². The Morgan fingerprint density at radius 3 is 2.61 bits per heavy atom. The number of carbonyl (C=O) groups excluding carboxylic acids is 1. The third-order valence-electron chi connectivity index (χ3n) is 5.92. The van der Waals surface area contributed by atoms with Crippen LogP contribution >= 0.6 is 11.3 Å². The number of thiazole rings is 1. The predicted molar refractivity (Wildman–Crippen MR) is 138 cm³/mol. The van der Waals surface area contributed by atoms with E-state index in [1.807, 2.05) is 12.1 Å². The summed E-state index contributed by atoms with van der Waals surface area (Å²) in [5, 5.41) is 11.1. The molecule has 182 valence electrons. The number of nitro benzene ring substituents is 1. The van der Waals surface area contributed by atoms with Crippen LogP contribution in [-0.2, 0) is 23.0 Å². The number of nitro groups is 1. The van der Waals surface area contributed by atoms with Gasteiger partial charge in [0.15, 0.2) is 4.80 Å². The summed E-state index contributed by atoms with van der Waals surface area (Å²) in [4.78, 5) is 28.3. The number of hydrogen-bond acceptors (Lipinski definition) is 6. The average Bonchev–Trinajstić information content (AvgIpc) is 3.46. The topological polar surface area (TPSA) is 115 Å². The van der Waals surface area contributed by atoms with Crippen molar-refractivity contribution in [3.63, 3.8) is 0 Å². The SMILES string of the molecule is C=CCn1c(=NC(=O)c2ccc(S(=O)(=O)N3CCc4ccccc43)cc2)sc2cc([N+](=O)[O-])ccc21. The molecule has 0 saturated heterocycles. The number of sulfonamides is 1. The fourth-order valence-corrected chi connectivity index (χ4v) is 6.75. The number of non-ortho nitro benzene ring substituents is 1. The number of nitrogens with zero attached hydrogens (tertiary/aromatic N) is 4. The molecule has 2 heterocycles. The zero-order valence-electron chi connectivity index (χ0n) is 18.9. The van der Waals surface area contributed by atoms with Gasteiger partial charge in [-0.15, -0.1) is 6.58 Å². The summed E-state index contributed by atoms with van der Waals surface area (Å²) in [5.74, 6) is -0.552. The second kappa shape index (κ2) is 9.17. The smallest absolute Gasteiger partial charge is 0.279 e. The molecule has 1 aromatic heterocycles. The highest BCUT2D eigenvalue weighted by Crippen LogP contribution is 2.32. The normalized spacial score (nSPS) is 13.7. The Kier molecular flexibility index (Phi) is 6.02. The zero-order valence-corrected chi connectivity index (χ0v) is 20.5. The lowest BCUT2D eigenvalue weighted by Crippen LogP contribution is -2.29. The van der Waals surface area contributed by atoms with Gasteiger partial charge < -0.3 is 4.57 Å². The molecule has 0 radical (unpaired) electrons. The molecule has 1 amide bonds. The molecule has 0 fully saturated rings. The molecule has 11 heteroatoms. The van der Waals surface area contributed by atoms with Gasteiger partial charge >= 0.3 is 0 Å². The molecule has 0 aliphatic carbocycles. The summed E-state index contributed by atoms with van der Waals surface area (Å²) < 4.78 is 30.2. The van der Waals surface area contributed by atoms with Gasteiger partial charge in [-0.2, -0.15) is 4.99 Å². The molecule has 1 aliphatic rings. The average molecular weight is 521 g/mol. The van der Waals surface area contributed by atoms with Gasteiger partial charge in [-0.05, 0) is 48.4 Å². The summed E-state index contributed by atoms with van der Waals surface area (Å²) in [6.07, 6.45) is 2.29. The van der Waals surface area contributed by atoms with E-state index in [0.29, 0.717) is 40.2 Å². The van der Waals surface area contributed by atoms with Gasteiger partial charge in [0, 0.05) is 30.8 Å². The van der Waals surface area contributed by atoms with E-state index < -0.39 is 20.9 Å². The number of anilines is 1. The molecule has 9 nitrogen and oxygen atoms in total. The lowest BCUT2D eigenvalue weighted by atomic mass is 10.2. The van der Waals surface area contributed by atoms with E-state index in [9.17, 15) is 23.3 Å². The number of fused-ring (bicyclic) bond motifs is 2. The largest absolute Gasteiger partial charge is 0.312 e. The molecule has 0 bridgehead atoms. The van der Waals surface area contributed by atoms with Crippen LogP contribution in [0.4, 0.5) is 11.4 Å². The molecule has 0 N–H and O–H groups in total. The number of aromatic nitrogens is 1. The first kappa shape index (κ1) is 23.6. The van der Waals surface area contributed by atoms with Gasteiger partial charge in [0.1, 0.15) is 0 Å². The maximum absolute atomic E-state index is 13.2. The van der Waals surface area contributed by atoms with Gasteiger partial charge in [0.2, 0.25) is 0 Å². The second-order valence-corrected chi connectivity index (χ2v) is 11.0. The van der Waals surface area contributed by atoms with Crippen molar-refractivity contribution >= 4 is 48.9 Å². The van der Waals surface area contributed by atoms with Crippen LogP contribution in [0.5, 0.6) is 0 Å². The Bertz CT molecular complexity index is 1700. The minimum atomic E-state index is -3.77. The van der Waals surface area contributed by atoms with E-state index in [0.717, 1.165) is 16.9 Å². The number of hydrogen-bond donors (Lipinski definition) is 0. The van der Waals surface area contributed by atoms with Crippen molar-refractivity contribution < 1.29 is 18.1 Å². The number of carbonyl (C=O) groups is 1. The van der Waals surface area contributed by atoms with Crippen LogP contribution < -0.4 is 9.11 Å². The van der Waals surface area contributed by atoms with Gasteiger partial charge in [-0.1, -0.05) is 35.6 Å². The minimum Gasteiger partial charge on any atom is -0.312 e. The molecule has 3 aromatic carbocycles. The van der Waals surface area contributed by atoms with Crippen LogP contribution in [0, 0.1) is 10.1 Å². The number of rotatable bonds is 6. The molecule has 0 atom stereocenters. The highest BCUT2D eigenvalue weighted by atomic mass is 32.2. The molecular weight excluding hydrogens is 500 g/mol. The fourth-order valence-electron chi connectivity index (χ4n) is 4.17. The van der Waals surface area contributed by atoms with E-state index >= 15 is 0 Å². The quantitative estimate of drug-likeness (QED) is 0.214. The Morgan fingerprint density at radius 1 is 1.14 bits per heavy atom. The maximum Gasteiger partial charge on any atom is 0.279 e. The monoisotopic (exact) mass is 520 g/mol. The van der Waals surface area contributed by atoms with Crippen molar-refractivity contribution in [3.05, 3.63) is 105 Å². The fraction of sp³-hybridized carbons (Fsp3) is 0.120. The van der Waals surface area contributed by atoms with Gasteiger partial charge in [-0.25, -0.2) is 8.42 Å². The summed E-state index contributed by atoms with van der Waals surface area (Å²) >= 11 is 1.16. The first-order chi connectivity index (χ1) is 17.3. The summed E-state index contributed by atoms with van der Waals surface area (Å²) in [5.41, 5.74) is 2.52. The number of benzene rings is 3. The van der Waals surface area contributed by atoms with Crippen LogP contribution in [0.2, 0.25) is 0 Å². The van der Waals surface area contributed by atoms with Gasteiger partial charge in [0.05, 0.1) is 25.7 Å². The van der Waals surface area contributed by atoms with Crippen LogP contribution in [0.1, 0.15) is 15.9 Å². The molecule has 0 saturated carbocycles. The highest BCUT2D eigenvalue weighted by molar-refractivity contribution is 7.92. The van der Waals surface area contributed by atoms with Crippen molar-refractivity contribution in [1.82, 2.24) is 4.57 Å². The Hall–Kier alpha value is -4.09. The van der Waals surface area contributed by atoms with Gasteiger partial charge in [-0.3, -0.25) is 19.2 Å². The third-order valence-corrected chi connectivity index (χ3v) is 8.79. The van der Waals surface area contributed by atoms with Crippen molar-refractivity contribution in [3.8, 4) is 0 Å². The minimum absolute atomic E-state index is 0.0511. The van der Waals surface area contributed by atoms with Crippen molar-refractivity contribution in [2.24, 2.45) is 4.99 Å². The van der Waals surface area contributed by atoms with Crippen LogP contribution in [-0.4, -0.2) is 30.4 Å². The number of para-hydroxylation sites is 1.